The lowest BCUT2D eigenvalue weighted by Crippen LogP contribution is -2.38. The quantitative estimate of drug-likeness (QED) is 0.655. The van der Waals surface area contributed by atoms with Crippen LogP contribution in [0.5, 0.6) is 0 Å². The monoisotopic (exact) mass is 285 g/mol. The van der Waals surface area contributed by atoms with Gasteiger partial charge in [-0.3, -0.25) is 11.3 Å². The second kappa shape index (κ2) is 5.22. The van der Waals surface area contributed by atoms with Crippen LogP contribution in [0.15, 0.2) is 36.5 Å². The molecule has 6 heteroatoms. The molecule has 1 aromatic heterocycles. The first-order valence-electron chi connectivity index (χ1n) is 7.44. The molecule has 0 saturated carbocycles. The van der Waals surface area contributed by atoms with Gasteiger partial charge in [0.05, 0.1) is 35.8 Å². The van der Waals surface area contributed by atoms with Crippen LogP contribution in [0.3, 0.4) is 0 Å². The van der Waals surface area contributed by atoms with E-state index in [0.717, 1.165) is 24.2 Å². The van der Waals surface area contributed by atoms with Crippen LogP contribution in [0.25, 0.3) is 5.69 Å². The first-order chi connectivity index (χ1) is 10.4. The molecule has 6 nitrogen and oxygen atoms in total. The minimum atomic E-state index is 0.00973. The summed E-state index contributed by atoms with van der Waals surface area (Å²) < 4.78 is 7.82. The molecule has 3 N–H and O–H groups in total. The van der Waals surface area contributed by atoms with Gasteiger partial charge in [0.25, 0.3) is 0 Å². The highest BCUT2D eigenvalue weighted by Gasteiger charge is 2.45. The van der Waals surface area contributed by atoms with Crippen molar-refractivity contribution >= 4 is 0 Å². The van der Waals surface area contributed by atoms with Gasteiger partial charge in [0.1, 0.15) is 0 Å². The van der Waals surface area contributed by atoms with Crippen molar-refractivity contribution < 1.29 is 4.74 Å². The smallest absolute Gasteiger partial charge is 0.0832 e. The molecule has 2 aromatic rings. The molecule has 3 heterocycles. The van der Waals surface area contributed by atoms with Crippen LogP contribution < -0.4 is 11.3 Å². The predicted molar refractivity (Wildman–Crippen MR) is 77.4 cm³/mol. The Kier molecular flexibility index (Phi) is 3.21. The summed E-state index contributed by atoms with van der Waals surface area (Å²) in [4.78, 5) is 0. The van der Waals surface area contributed by atoms with E-state index in [1.165, 1.54) is 6.42 Å². The third kappa shape index (κ3) is 2.16. The molecule has 2 saturated heterocycles. The standard InChI is InChI=1S/C15H19N5O/c16-18-15(12-8-11-6-7-14(12)21-11)13-9-17-19-20(13)10-4-2-1-3-5-10/h1-5,9,11-12,14-15,18H,6-8,16H2. The molecule has 4 atom stereocenters. The van der Waals surface area contributed by atoms with Crippen molar-refractivity contribution in [1.82, 2.24) is 20.4 Å². The molecule has 21 heavy (non-hydrogen) atoms. The van der Waals surface area contributed by atoms with Crippen molar-refractivity contribution in [2.45, 2.75) is 37.5 Å². The summed E-state index contributed by atoms with van der Waals surface area (Å²) >= 11 is 0. The number of fused-ring (bicyclic) bond motifs is 2. The Bertz CT molecular complexity index is 614. The number of rotatable bonds is 4. The van der Waals surface area contributed by atoms with Gasteiger partial charge in [0.15, 0.2) is 0 Å². The zero-order valence-electron chi connectivity index (χ0n) is 11.7. The van der Waals surface area contributed by atoms with E-state index in [2.05, 4.69) is 15.7 Å². The summed E-state index contributed by atoms with van der Waals surface area (Å²) in [6.45, 7) is 0. The number of aromatic nitrogens is 3. The normalized spacial score (nSPS) is 28.9. The fourth-order valence-electron chi connectivity index (χ4n) is 3.68. The van der Waals surface area contributed by atoms with Crippen molar-refractivity contribution in [1.29, 1.82) is 0 Å². The SMILES string of the molecule is NNC(c1cnnn1-c1ccccc1)C1CC2CCC1O2. The molecule has 2 fully saturated rings. The van der Waals surface area contributed by atoms with E-state index >= 15 is 0 Å². The topological polar surface area (TPSA) is 78.0 Å². The van der Waals surface area contributed by atoms with E-state index in [1.54, 1.807) is 6.20 Å². The van der Waals surface area contributed by atoms with Gasteiger partial charge in [-0.1, -0.05) is 23.4 Å². The minimum Gasteiger partial charge on any atom is -0.375 e. The second-order valence-electron chi connectivity index (χ2n) is 5.82. The van der Waals surface area contributed by atoms with Crippen LogP contribution in [0, 0.1) is 5.92 Å². The summed E-state index contributed by atoms with van der Waals surface area (Å²) in [5.41, 5.74) is 4.95. The highest BCUT2D eigenvalue weighted by molar-refractivity contribution is 5.32. The zero-order valence-corrected chi connectivity index (χ0v) is 11.7. The molecule has 4 rings (SSSR count). The van der Waals surface area contributed by atoms with Gasteiger partial charge < -0.3 is 4.74 Å². The Morgan fingerprint density at radius 1 is 1.29 bits per heavy atom. The van der Waals surface area contributed by atoms with Gasteiger partial charge in [-0.15, -0.1) is 5.10 Å². The number of hydrogen-bond acceptors (Lipinski definition) is 5. The Morgan fingerprint density at radius 2 is 2.14 bits per heavy atom. The maximum absolute atomic E-state index is 5.97. The molecule has 110 valence electrons. The van der Waals surface area contributed by atoms with Crippen molar-refractivity contribution in [3.05, 3.63) is 42.2 Å². The number of para-hydroxylation sites is 1. The highest BCUT2D eigenvalue weighted by atomic mass is 16.5. The van der Waals surface area contributed by atoms with Crippen molar-refractivity contribution in [2.75, 3.05) is 0 Å². The summed E-state index contributed by atoms with van der Waals surface area (Å²) in [5, 5.41) is 8.30. The van der Waals surface area contributed by atoms with E-state index in [4.69, 9.17) is 10.6 Å². The molecule has 0 spiro atoms. The number of hydrazine groups is 1. The minimum absolute atomic E-state index is 0.00973. The van der Waals surface area contributed by atoms with Gasteiger partial charge in [0.2, 0.25) is 0 Å². The molecule has 0 aliphatic carbocycles. The zero-order chi connectivity index (χ0) is 14.2. The summed E-state index contributed by atoms with van der Waals surface area (Å²) in [5.74, 6) is 6.23. The lowest BCUT2D eigenvalue weighted by Gasteiger charge is -2.27. The van der Waals surface area contributed by atoms with Gasteiger partial charge in [-0.25, -0.2) is 4.68 Å². The van der Waals surface area contributed by atoms with Gasteiger partial charge >= 0.3 is 0 Å². The van der Waals surface area contributed by atoms with Crippen LogP contribution in [-0.2, 0) is 4.74 Å². The predicted octanol–water partition coefficient (Wildman–Crippen LogP) is 1.34. The average Bonchev–Trinajstić information content (AvgIpc) is 3.25. The number of ether oxygens (including phenoxy) is 1. The lowest BCUT2D eigenvalue weighted by molar-refractivity contribution is 0.0851. The first kappa shape index (κ1) is 12.9. The lowest BCUT2D eigenvalue weighted by atomic mass is 9.83. The number of nitrogens with one attached hydrogen (secondary N) is 1. The first-order valence-corrected chi connectivity index (χ1v) is 7.44. The van der Waals surface area contributed by atoms with Crippen LogP contribution in [-0.4, -0.2) is 27.2 Å². The molecule has 1 aromatic carbocycles. The summed E-state index contributed by atoms with van der Waals surface area (Å²) in [6.07, 6.45) is 5.85. The third-order valence-corrected chi connectivity index (χ3v) is 4.66. The molecule has 2 aliphatic heterocycles. The Hall–Kier alpha value is -1.76. The number of nitrogens with two attached hydrogens (primary N) is 1. The maximum Gasteiger partial charge on any atom is 0.0832 e. The summed E-state index contributed by atoms with van der Waals surface area (Å²) in [7, 11) is 0. The fraction of sp³-hybridized carbons (Fsp3) is 0.467. The Morgan fingerprint density at radius 3 is 2.81 bits per heavy atom. The van der Waals surface area contributed by atoms with Gasteiger partial charge in [-0.05, 0) is 31.4 Å². The fourth-order valence-corrected chi connectivity index (χ4v) is 3.68. The summed E-state index contributed by atoms with van der Waals surface area (Å²) in [6, 6.07) is 10.0. The van der Waals surface area contributed by atoms with Gasteiger partial charge in [-0.2, -0.15) is 0 Å². The molecular formula is C15H19N5O. The largest absolute Gasteiger partial charge is 0.375 e. The number of hydrogen-bond donors (Lipinski definition) is 2. The Labute approximate surface area is 123 Å². The van der Waals surface area contributed by atoms with Crippen LogP contribution >= 0.6 is 0 Å². The average molecular weight is 285 g/mol. The highest BCUT2D eigenvalue weighted by Crippen LogP contribution is 2.44. The van der Waals surface area contributed by atoms with E-state index in [9.17, 15) is 0 Å². The van der Waals surface area contributed by atoms with E-state index in [1.807, 2.05) is 35.0 Å². The van der Waals surface area contributed by atoms with Crippen LogP contribution in [0.4, 0.5) is 0 Å². The van der Waals surface area contributed by atoms with Crippen molar-refractivity contribution in [3.8, 4) is 5.69 Å². The van der Waals surface area contributed by atoms with E-state index in [0.29, 0.717) is 18.1 Å². The van der Waals surface area contributed by atoms with Crippen molar-refractivity contribution in [3.63, 3.8) is 0 Å². The molecule has 2 bridgehead atoms. The van der Waals surface area contributed by atoms with Crippen molar-refractivity contribution in [2.24, 2.45) is 11.8 Å². The molecule has 0 amide bonds. The molecule has 4 unspecified atom stereocenters. The molecule has 2 aliphatic rings. The third-order valence-electron chi connectivity index (χ3n) is 4.66. The van der Waals surface area contributed by atoms with Crippen LogP contribution in [0.2, 0.25) is 0 Å². The molecular weight excluding hydrogens is 266 g/mol. The van der Waals surface area contributed by atoms with E-state index in [-0.39, 0.29) is 6.04 Å². The van der Waals surface area contributed by atoms with E-state index < -0.39 is 0 Å². The second-order valence-corrected chi connectivity index (χ2v) is 5.82. The Balaban J connectivity index is 1.68. The number of nitrogens with zero attached hydrogens (tertiary/aromatic N) is 3. The molecule has 0 radical (unpaired) electrons. The van der Waals surface area contributed by atoms with Crippen LogP contribution in [0.1, 0.15) is 31.0 Å². The number of benzene rings is 1. The maximum atomic E-state index is 5.97. The van der Waals surface area contributed by atoms with Gasteiger partial charge in [0, 0.05) is 5.92 Å².